The van der Waals surface area contributed by atoms with Gasteiger partial charge in [0.25, 0.3) is 0 Å². The molecule has 0 amide bonds. The van der Waals surface area contributed by atoms with E-state index in [1.54, 1.807) is 30.3 Å². The summed E-state index contributed by atoms with van der Waals surface area (Å²) in [7, 11) is -2.46. The molecule has 0 bridgehead atoms. The number of halogens is 6. The molecule has 0 spiro atoms. The minimum atomic E-state index is -4.94. The summed E-state index contributed by atoms with van der Waals surface area (Å²) < 4.78 is 93.5. The largest absolute Gasteiger partial charge is 0.513 e. The molecule has 0 heterocycles. The Kier molecular flexibility index (Phi) is 5.85. The smallest absolute Gasteiger partial charge is 0.166 e. The number of benzene rings is 2. The van der Waals surface area contributed by atoms with Crippen molar-refractivity contribution in [3.63, 3.8) is 0 Å². The molecule has 0 saturated carbocycles. The van der Waals surface area contributed by atoms with Gasteiger partial charge in [0.2, 0.25) is 6.16 Å². The molecular weight excluding hydrogens is 369 g/mol. The third-order valence-electron chi connectivity index (χ3n) is 3.18. The summed E-state index contributed by atoms with van der Waals surface area (Å²) in [6.07, 6.45) is -10.4. The zero-order chi connectivity index (χ0) is 18.7. The Labute approximate surface area is 140 Å². The molecule has 0 aromatic heterocycles. The summed E-state index contributed by atoms with van der Waals surface area (Å²) in [4.78, 5) is 0. The molecule has 2 aromatic rings. The Morgan fingerprint density at radius 3 is 1.80 bits per heavy atom. The Hall–Kier alpha value is -1.92. The summed E-state index contributed by atoms with van der Waals surface area (Å²) in [5, 5.41) is 0. The number of hydrogen-bond donors (Lipinski definition) is 0. The van der Waals surface area contributed by atoms with Crippen molar-refractivity contribution in [3.8, 4) is 0 Å². The molecule has 0 aliphatic rings. The van der Waals surface area contributed by atoms with Gasteiger partial charge in [-0.05, 0) is 28.3 Å². The van der Waals surface area contributed by atoms with Crippen LogP contribution >= 0.6 is 8.03 Å². The van der Waals surface area contributed by atoms with Gasteiger partial charge in [0, 0.05) is 5.56 Å². The second kappa shape index (κ2) is 7.54. The van der Waals surface area contributed by atoms with Crippen molar-refractivity contribution >= 4 is 8.03 Å². The molecule has 0 saturated heterocycles. The van der Waals surface area contributed by atoms with Crippen LogP contribution in [-0.2, 0) is 34.2 Å². The predicted octanol–water partition coefficient (Wildman–Crippen LogP) is 6.18. The van der Waals surface area contributed by atoms with Crippen molar-refractivity contribution < 1.29 is 35.4 Å². The summed E-state index contributed by atoms with van der Waals surface area (Å²) in [5.41, 5.74) is -2.55. The highest BCUT2D eigenvalue weighted by molar-refractivity contribution is 7.38. The lowest BCUT2D eigenvalue weighted by atomic mass is 10.1. The van der Waals surface area contributed by atoms with Crippen LogP contribution in [0, 0.1) is 0 Å². The van der Waals surface area contributed by atoms with E-state index in [4.69, 9.17) is 4.52 Å². The lowest BCUT2D eigenvalue weighted by Crippen LogP contribution is -2.11. The van der Waals surface area contributed by atoms with Crippen LogP contribution < -0.4 is 0 Å². The van der Waals surface area contributed by atoms with E-state index in [9.17, 15) is 30.9 Å². The zero-order valence-corrected chi connectivity index (χ0v) is 13.5. The van der Waals surface area contributed by atoms with Crippen LogP contribution in [0.15, 0.2) is 48.5 Å². The van der Waals surface area contributed by atoms with Crippen LogP contribution in [0.5, 0.6) is 0 Å². The minimum Gasteiger partial charge on any atom is -0.166 e. The summed E-state index contributed by atoms with van der Waals surface area (Å²) in [5.74, 6) is 0. The first kappa shape index (κ1) is 19.4. The fourth-order valence-electron chi connectivity index (χ4n) is 2.03. The van der Waals surface area contributed by atoms with Crippen LogP contribution in [-0.4, -0.2) is 0 Å². The van der Waals surface area contributed by atoms with Crippen LogP contribution in [0.2, 0.25) is 0 Å². The van der Waals surface area contributed by atoms with E-state index in [0.717, 1.165) is 0 Å². The first-order valence-corrected chi connectivity index (χ1v) is 8.32. The highest BCUT2D eigenvalue weighted by atomic mass is 31.1. The normalized spacial score (nSPS) is 13.0. The Balaban J connectivity index is 2.16. The van der Waals surface area contributed by atoms with Crippen molar-refractivity contribution in [1.82, 2.24) is 0 Å². The van der Waals surface area contributed by atoms with E-state index in [0.29, 0.717) is 17.7 Å². The van der Waals surface area contributed by atoms with Gasteiger partial charge in [-0.15, -0.1) is 4.52 Å². The molecule has 0 radical (unpaired) electrons. The molecule has 0 N–H and O–H groups in total. The van der Waals surface area contributed by atoms with Gasteiger partial charge >= 0.3 is 20.4 Å². The summed E-state index contributed by atoms with van der Waals surface area (Å²) in [6, 6.07) is 9.70. The van der Waals surface area contributed by atoms with Crippen LogP contribution in [0.3, 0.4) is 0 Å². The van der Waals surface area contributed by atoms with Crippen molar-refractivity contribution in [2.45, 2.75) is 25.1 Å². The Morgan fingerprint density at radius 2 is 1.32 bits per heavy atom. The molecule has 134 valence electrons. The SMILES string of the molecule is O=[P+](Cc1cc(C(F)(F)F)cc(C(F)(F)F)c1)OCc1ccccc1. The van der Waals surface area contributed by atoms with Crippen LogP contribution in [0.25, 0.3) is 0 Å². The van der Waals surface area contributed by atoms with Gasteiger partial charge in [0.05, 0.1) is 11.1 Å². The van der Waals surface area contributed by atoms with Gasteiger partial charge in [-0.25, -0.2) is 0 Å². The Bertz CT molecular complexity index is 708. The maximum Gasteiger partial charge on any atom is 0.513 e. The van der Waals surface area contributed by atoms with Crippen molar-refractivity contribution in [2.24, 2.45) is 0 Å². The fourth-order valence-corrected chi connectivity index (χ4v) is 2.89. The van der Waals surface area contributed by atoms with Gasteiger partial charge in [0.15, 0.2) is 0 Å². The van der Waals surface area contributed by atoms with Gasteiger partial charge in [0.1, 0.15) is 6.61 Å². The van der Waals surface area contributed by atoms with E-state index >= 15 is 0 Å². The topological polar surface area (TPSA) is 26.3 Å². The Morgan fingerprint density at radius 1 is 0.800 bits per heavy atom. The predicted molar refractivity (Wildman–Crippen MR) is 79.0 cm³/mol. The third-order valence-corrected chi connectivity index (χ3v) is 4.22. The molecule has 2 aromatic carbocycles. The number of alkyl halides is 6. The van der Waals surface area contributed by atoms with Crippen molar-refractivity contribution in [1.29, 1.82) is 0 Å². The molecule has 0 aliphatic carbocycles. The molecule has 0 fully saturated rings. The van der Waals surface area contributed by atoms with E-state index in [1.807, 2.05) is 0 Å². The zero-order valence-electron chi connectivity index (χ0n) is 12.6. The van der Waals surface area contributed by atoms with E-state index < -0.39 is 37.7 Å². The molecule has 2 rings (SSSR count). The second-order valence-corrected chi connectivity index (χ2v) is 6.40. The number of rotatable bonds is 5. The fraction of sp³-hybridized carbons (Fsp3) is 0.250. The lowest BCUT2D eigenvalue weighted by molar-refractivity contribution is -0.143. The minimum absolute atomic E-state index is 0.0292. The summed E-state index contributed by atoms with van der Waals surface area (Å²) >= 11 is 0. The van der Waals surface area contributed by atoms with E-state index in [1.165, 1.54) is 0 Å². The third kappa shape index (κ3) is 5.83. The van der Waals surface area contributed by atoms with Gasteiger partial charge in [-0.3, -0.25) is 0 Å². The first-order chi connectivity index (χ1) is 11.6. The molecular formula is C16H12F6O2P+. The lowest BCUT2D eigenvalue weighted by Gasteiger charge is -2.12. The molecule has 9 heteroatoms. The maximum atomic E-state index is 12.8. The average Bonchev–Trinajstić information content (AvgIpc) is 2.52. The standard InChI is InChI=1S/C16H12F6O2P/c17-15(18,19)13-6-12(7-14(8-13)16(20,21)22)10-25(23)24-9-11-4-2-1-3-5-11/h1-8H,9-10H2/q+1. The van der Waals surface area contributed by atoms with Crippen molar-refractivity contribution in [3.05, 3.63) is 70.8 Å². The number of hydrogen-bond acceptors (Lipinski definition) is 2. The molecule has 2 nitrogen and oxygen atoms in total. The van der Waals surface area contributed by atoms with Gasteiger partial charge < -0.3 is 0 Å². The van der Waals surface area contributed by atoms with Gasteiger partial charge in [-0.1, -0.05) is 30.3 Å². The second-order valence-electron chi connectivity index (χ2n) is 5.16. The highest BCUT2D eigenvalue weighted by Gasteiger charge is 2.37. The van der Waals surface area contributed by atoms with Gasteiger partial charge in [-0.2, -0.15) is 26.3 Å². The van der Waals surface area contributed by atoms with E-state index in [2.05, 4.69) is 0 Å². The van der Waals surface area contributed by atoms with Crippen LogP contribution in [0.1, 0.15) is 22.3 Å². The highest BCUT2D eigenvalue weighted by Crippen LogP contribution is 2.38. The average molecular weight is 381 g/mol. The van der Waals surface area contributed by atoms with Crippen LogP contribution in [0.4, 0.5) is 26.3 Å². The summed E-state index contributed by atoms with van der Waals surface area (Å²) in [6.45, 7) is -0.0544. The molecule has 0 aliphatic heterocycles. The molecule has 1 atom stereocenters. The van der Waals surface area contributed by atoms with Crippen molar-refractivity contribution in [2.75, 3.05) is 0 Å². The first-order valence-electron chi connectivity index (χ1n) is 6.95. The van der Waals surface area contributed by atoms with E-state index in [-0.39, 0.29) is 18.2 Å². The molecule has 1 unspecified atom stereocenters. The molecule has 25 heavy (non-hydrogen) atoms. The quantitative estimate of drug-likeness (QED) is 0.456. The monoisotopic (exact) mass is 381 g/mol. The maximum absolute atomic E-state index is 12.8.